The molecule has 0 aliphatic carbocycles. The first-order chi connectivity index (χ1) is 8.56. The minimum absolute atomic E-state index is 0.0768. The van der Waals surface area contributed by atoms with Gasteiger partial charge in [0.25, 0.3) is 0 Å². The lowest BCUT2D eigenvalue weighted by Crippen LogP contribution is -2.02. The molecule has 0 saturated heterocycles. The molecule has 92 valence electrons. The predicted octanol–water partition coefficient (Wildman–Crippen LogP) is 1.73. The molecule has 0 unspecified atom stereocenters. The van der Waals surface area contributed by atoms with E-state index in [9.17, 15) is 15.0 Å². The largest absolute Gasteiger partial charge is 0.508 e. The van der Waals surface area contributed by atoms with E-state index in [1.54, 1.807) is 6.07 Å². The second-order valence-corrected chi connectivity index (χ2v) is 3.33. The zero-order chi connectivity index (χ0) is 13.5. The van der Waals surface area contributed by atoms with E-state index in [1.807, 2.05) is 0 Å². The van der Waals surface area contributed by atoms with Gasteiger partial charge >= 0.3 is 5.97 Å². The zero-order valence-corrected chi connectivity index (χ0v) is 9.62. The number of methoxy groups -OCH3 is 1. The number of aromatic hydroxyl groups is 2. The SMILES string of the molecule is COC(=O)/C(C#N)=C/C=C/c1cc(O)cc(O)c1. The molecule has 1 aromatic rings. The maximum atomic E-state index is 11.1. The number of ether oxygens (including phenoxy) is 1. The number of carbonyl (C=O) groups excluding carboxylic acids is 1. The molecule has 1 aromatic carbocycles. The summed E-state index contributed by atoms with van der Waals surface area (Å²) in [5, 5.41) is 27.2. The van der Waals surface area contributed by atoms with E-state index in [2.05, 4.69) is 4.74 Å². The van der Waals surface area contributed by atoms with E-state index in [-0.39, 0.29) is 17.1 Å². The molecule has 1 rings (SSSR count). The van der Waals surface area contributed by atoms with Crippen molar-refractivity contribution < 1.29 is 19.7 Å². The van der Waals surface area contributed by atoms with E-state index >= 15 is 0 Å². The normalized spacial score (nSPS) is 11.2. The third-order valence-corrected chi connectivity index (χ3v) is 2.00. The third kappa shape index (κ3) is 3.68. The van der Waals surface area contributed by atoms with Crippen LogP contribution >= 0.6 is 0 Å². The average molecular weight is 245 g/mol. The number of rotatable bonds is 3. The van der Waals surface area contributed by atoms with Crippen molar-refractivity contribution in [2.75, 3.05) is 7.11 Å². The molecular formula is C13H11NO4. The van der Waals surface area contributed by atoms with Crippen molar-refractivity contribution in [2.24, 2.45) is 0 Å². The summed E-state index contributed by atoms with van der Waals surface area (Å²) in [4.78, 5) is 11.1. The van der Waals surface area contributed by atoms with Crippen LogP contribution in [0.5, 0.6) is 11.5 Å². The van der Waals surface area contributed by atoms with Crippen molar-refractivity contribution in [3.63, 3.8) is 0 Å². The molecule has 5 heteroatoms. The fourth-order valence-electron chi connectivity index (χ4n) is 1.23. The monoisotopic (exact) mass is 245 g/mol. The van der Waals surface area contributed by atoms with Crippen LogP contribution in [-0.4, -0.2) is 23.3 Å². The van der Waals surface area contributed by atoms with Crippen molar-refractivity contribution in [3.8, 4) is 17.6 Å². The van der Waals surface area contributed by atoms with Crippen LogP contribution in [0.2, 0.25) is 0 Å². The molecule has 5 nitrogen and oxygen atoms in total. The van der Waals surface area contributed by atoms with E-state index < -0.39 is 5.97 Å². The van der Waals surface area contributed by atoms with Crippen LogP contribution in [0.1, 0.15) is 5.56 Å². The lowest BCUT2D eigenvalue weighted by molar-refractivity contribution is -0.135. The molecule has 0 fully saturated rings. The molecule has 0 saturated carbocycles. The standard InChI is InChI=1S/C13H11NO4/c1-18-13(17)10(8-14)4-2-3-9-5-11(15)7-12(16)6-9/h2-7,15-16H,1H3/b3-2+,10-4+. The van der Waals surface area contributed by atoms with Gasteiger partial charge in [0.15, 0.2) is 0 Å². The summed E-state index contributed by atoms with van der Waals surface area (Å²) in [6.07, 6.45) is 4.26. The lowest BCUT2D eigenvalue weighted by Gasteiger charge is -1.97. The zero-order valence-electron chi connectivity index (χ0n) is 9.62. The summed E-state index contributed by atoms with van der Waals surface area (Å²) >= 11 is 0. The summed E-state index contributed by atoms with van der Waals surface area (Å²) in [5.74, 6) is -0.875. The molecule has 0 bridgehead atoms. The number of hydrogen-bond acceptors (Lipinski definition) is 5. The van der Waals surface area contributed by atoms with Gasteiger partial charge in [0, 0.05) is 6.07 Å². The fourth-order valence-corrected chi connectivity index (χ4v) is 1.23. The molecule has 0 radical (unpaired) electrons. The number of nitriles is 1. The van der Waals surface area contributed by atoms with Gasteiger partial charge in [-0.3, -0.25) is 0 Å². The highest BCUT2D eigenvalue weighted by molar-refractivity contribution is 5.93. The number of phenols is 2. The Morgan fingerprint density at radius 3 is 2.44 bits per heavy atom. The van der Waals surface area contributed by atoms with Gasteiger partial charge in [-0.2, -0.15) is 5.26 Å². The molecule has 0 aliphatic rings. The minimum atomic E-state index is -0.721. The maximum absolute atomic E-state index is 11.1. The van der Waals surface area contributed by atoms with Gasteiger partial charge in [-0.05, 0) is 23.8 Å². The van der Waals surface area contributed by atoms with E-state index in [0.717, 1.165) is 0 Å². The number of phenolic OH excluding ortho intramolecular Hbond substituents is 2. The maximum Gasteiger partial charge on any atom is 0.348 e. The predicted molar refractivity (Wildman–Crippen MR) is 64.5 cm³/mol. The molecule has 0 heterocycles. The first kappa shape index (κ1) is 13.3. The van der Waals surface area contributed by atoms with Crippen molar-refractivity contribution in [3.05, 3.63) is 41.5 Å². The molecular weight excluding hydrogens is 234 g/mol. The van der Waals surface area contributed by atoms with Crippen molar-refractivity contribution in [1.29, 1.82) is 5.26 Å². The topological polar surface area (TPSA) is 90.6 Å². The van der Waals surface area contributed by atoms with Crippen LogP contribution in [0, 0.1) is 11.3 Å². The number of nitrogens with zero attached hydrogens (tertiary/aromatic N) is 1. The van der Waals surface area contributed by atoms with Gasteiger partial charge in [0.2, 0.25) is 0 Å². The number of hydrogen-bond donors (Lipinski definition) is 2. The molecule has 0 aromatic heterocycles. The van der Waals surface area contributed by atoms with Crippen molar-refractivity contribution >= 4 is 12.0 Å². The Kier molecular flexibility index (Phi) is 4.52. The van der Waals surface area contributed by atoms with Gasteiger partial charge < -0.3 is 14.9 Å². The number of esters is 1. The Morgan fingerprint density at radius 1 is 1.33 bits per heavy atom. The smallest absolute Gasteiger partial charge is 0.348 e. The van der Waals surface area contributed by atoms with Gasteiger partial charge in [-0.25, -0.2) is 4.79 Å². The molecule has 18 heavy (non-hydrogen) atoms. The Labute approximate surface area is 104 Å². The Bertz CT molecular complexity index is 532. The molecule has 2 N–H and O–H groups in total. The van der Waals surface area contributed by atoms with Crippen LogP contribution in [0.4, 0.5) is 0 Å². The average Bonchev–Trinajstić information content (AvgIpc) is 2.32. The second kappa shape index (κ2) is 6.11. The number of carbonyl (C=O) groups is 1. The van der Waals surface area contributed by atoms with E-state index in [1.165, 1.54) is 43.5 Å². The Balaban J connectivity index is 2.90. The number of allylic oxidation sites excluding steroid dienone is 2. The third-order valence-electron chi connectivity index (χ3n) is 2.00. The summed E-state index contributed by atoms with van der Waals surface area (Å²) in [7, 11) is 1.19. The minimum Gasteiger partial charge on any atom is -0.508 e. The number of benzene rings is 1. The Hall–Kier alpha value is -2.74. The van der Waals surface area contributed by atoms with Crippen LogP contribution in [0.15, 0.2) is 35.9 Å². The highest BCUT2D eigenvalue weighted by Crippen LogP contribution is 2.21. The highest BCUT2D eigenvalue weighted by Gasteiger charge is 2.05. The van der Waals surface area contributed by atoms with Crippen LogP contribution in [0.25, 0.3) is 6.08 Å². The summed E-state index contributed by atoms with van der Waals surface area (Å²) < 4.78 is 4.40. The summed E-state index contributed by atoms with van der Waals surface area (Å²) in [6, 6.07) is 5.74. The van der Waals surface area contributed by atoms with Gasteiger partial charge in [-0.1, -0.05) is 12.2 Å². The Morgan fingerprint density at radius 2 is 1.94 bits per heavy atom. The quantitative estimate of drug-likeness (QED) is 0.366. The molecule has 0 aliphatic heterocycles. The molecule has 0 amide bonds. The molecule has 0 spiro atoms. The van der Waals surface area contributed by atoms with E-state index in [4.69, 9.17) is 5.26 Å². The van der Waals surface area contributed by atoms with Crippen LogP contribution < -0.4 is 0 Å². The first-order valence-electron chi connectivity index (χ1n) is 4.96. The summed E-state index contributed by atoms with van der Waals surface area (Å²) in [6.45, 7) is 0. The van der Waals surface area contributed by atoms with Crippen molar-refractivity contribution in [1.82, 2.24) is 0 Å². The molecule has 0 atom stereocenters. The fraction of sp³-hybridized carbons (Fsp3) is 0.0769. The second-order valence-electron chi connectivity index (χ2n) is 3.33. The van der Waals surface area contributed by atoms with Gasteiger partial charge in [0.05, 0.1) is 7.11 Å². The van der Waals surface area contributed by atoms with E-state index in [0.29, 0.717) is 5.56 Å². The highest BCUT2D eigenvalue weighted by atomic mass is 16.5. The van der Waals surface area contributed by atoms with Crippen LogP contribution in [0.3, 0.4) is 0 Å². The van der Waals surface area contributed by atoms with Crippen molar-refractivity contribution in [2.45, 2.75) is 0 Å². The first-order valence-corrected chi connectivity index (χ1v) is 4.96. The summed E-state index contributed by atoms with van der Waals surface area (Å²) in [5.41, 5.74) is 0.393. The van der Waals surface area contributed by atoms with Gasteiger partial charge in [0.1, 0.15) is 23.1 Å². The van der Waals surface area contributed by atoms with Gasteiger partial charge in [-0.15, -0.1) is 0 Å². The lowest BCUT2D eigenvalue weighted by atomic mass is 10.1. The van der Waals surface area contributed by atoms with Crippen LogP contribution in [-0.2, 0) is 9.53 Å².